The van der Waals surface area contributed by atoms with Crippen LogP contribution in [0.5, 0.6) is 23.0 Å². The highest BCUT2D eigenvalue weighted by atomic mass is 16.7. The van der Waals surface area contributed by atoms with Gasteiger partial charge >= 0.3 is 0 Å². The molecule has 5 rings (SSSR count). The van der Waals surface area contributed by atoms with Crippen molar-refractivity contribution in [3.8, 4) is 45.4 Å². The molecule has 2 aromatic carbocycles. The molecule has 7 nitrogen and oxygen atoms in total. The third kappa shape index (κ3) is 3.27. The van der Waals surface area contributed by atoms with Crippen molar-refractivity contribution < 1.29 is 19.3 Å². The average molecular weight is 405 g/mol. The van der Waals surface area contributed by atoms with E-state index < -0.39 is 0 Å². The van der Waals surface area contributed by atoms with Crippen LogP contribution in [-0.2, 0) is 0 Å². The number of pyridine rings is 1. The van der Waals surface area contributed by atoms with Gasteiger partial charge in [0.25, 0.3) is 0 Å². The highest BCUT2D eigenvalue weighted by molar-refractivity contribution is 5.80. The number of aromatic nitrogens is 1. The van der Waals surface area contributed by atoms with Crippen LogP contribution in [0.25, 0.3) is 22.4 Å². The van der Waals surface area contributed by atoms with Crippen LogP contribution in [0.3, 0.4) is 0 Å². The number of benzene rings is 2. The predicted octanol–water partition coefficient (Wildman–Crippen LogP) is 3.40. The molecular formula is C23H23N3O4. The summed E-state index contributed by atoms with van der Waals surface area (Å²) in [4.78, 5) is 7.11. The number of nitrogens with zero attached hydrogens (tertiary/aromatic N) is 2. The van der Waals surface area contributed by atoms with Crippen molar-refractivity contribution >= 4 is 5.82 Å². The van der Waals surface area contributed by atoms with Gasteiger partial charge in [-0.15, -0.1) is 0 Å². The first-order valence-corrected chi connectivity index (χ1v) is 9.91. The van der Waals surface area contributed by atoms with Gasteiger partial charge in [-0.25, -0.2) is 4.98 Å². The van der Waals surface area contributed by atoms with Gasteiger partial charge in [0.15, 0.2) is 23.0 Å². The maximum absolute atomic E-state index is 9.98. The van der Waals surface area contributed by atoms with E-state index in [4.69, 9.17) is 24.9 Å². The number of aromatic hydroxyl groups is 1. The highest BCUT2D eigenvalue weighted by Crippen LogP contribution is 2.43. The molecule has 154 valence electrons. The van der Waals surface area contributed by atoms with Crippen LogP contribution in [0.1, 0.15) is 6.42 Å². The van der Waals surface area contributed by atoms with E-state index in [1.165, 1.54) is 7.11 Å². The van der Waals surface area contributed by atoms with Crippen molar-refractivity contribution in [3.63, 3.8) is 0 Å². The summed E-state index contributed by atoms with van der Waals surface area (Å²) in [6.45, 7) is 1.84. The summed E-state index contributed by atoms with van der Waals surface area (Å²) in [5.41, 5.74) is 9.69. The Morgan fingerprint density at radius 1 is 1.13 bits per heavy atom. The third-order valence-electron chi connectivity index (χ3n) is 5.54. The number of anilines is 1. The van der Waals surface area contributed by atoms with E-state index in [-0.39, 0.29) is 18.6 Å². The van der Waals surface area contributed by atoms with E-state index in [0.29, 0.717) is 5.75 Å². The smallest absolute Gasteiger partial charge is 0.231 e. The number of methoxy groups -OCH3 is 1. The van der Waals surface area contributed by atoms with E-state index in [0.717, 1.165) is 59.2 Å². The first-order chi connectivity index (χ1) is 14.6. The molecule has 7 heteroatoms. The lowest BCUT2D eigenvalue weighted by molar-refractivity contribution is 0.174. The fourth-order valence-corrected chi connectivity index (χ4v) is 3.97. The second-order valence-corrected chi connectivity index (χ2v) is 7.52. The Morgan fingerprint density at radius 3 is 2.83 bits per heavy atom. The summed E-state index contributed by atoms with van der Waals surface area (Å²) in [6, 6.07) is 15.3. The average Bonchev–Trinajstić information content (AvgIpc) is 3.42. The molecule has 1 saturated heterocycles. The predicted molar refractivity (Wildman–Crippen MR) is 114 cm³/mol. The number of rotatable bonds is 4. The molecule has 1 fully saturated rings. The van der Waals surface area contributed by atoms with Crippen molar-refractivity contribution in [1.29, 1.82) is 0 Å². The van der Waals surface area contributed by atoms with Crippen LogP contribution in [-0.4, -0.2) is 43.1 Å². The van der Waals surface area contributed by atoms with Crippen LogP contribution in [0, 0.1) is 0 Å². The SMILES string of the molecule is COc1cc(-c2cc(-c3cccc4c3OCO4)cc(N3CCC(N)C3)n2)ccc1O. The number of ether oxygens (including phenoxy) is 3. The number of phenolic OH excluding ortho intramolecular Hbond substituents is 1. The Balaban J connectivity index is 1.66. The highest BCUT2D eigenvalue weighted by Gasteiger charge is 2.24. The van der Waals surface area contributed by atoms with E-state index in [1.807, 2.05) is 30.3 Å². The zero-order chi connectivity index (χ0) is 20.7. The lowest BCUT2D eigenvalue weighted by Crippen LogP contribution is -2.27. The Morgan fingerprint density at radius 2 is 2.03 bits per heavy atom. The first kappa shape index (κ1) is 18.6. The first-order valence-electron chi connectivity index (χ1n) is 9.91. The zero-order valence-corrected chi connectivity index (χ0v) is 16.7. The fourth-order valence-electron chi connectivity index (χ4n) is 3.97. The quantitative estimate of drug-likeness (QED) is 0.688. The van der Waals surface area contributed by atoms with Crippen LogP contribution in [0.2, 0.25) is 0 Å². The number of hydrogen-bond acceptors (Lipinski definition) is 7. The van der Waals surface area contributed by atoms with Gasteiger partial charge in [-0.2, -0.15) is 0 Å². The maximum atomic E-state index is 9.98. The summed E-state index contributed by atoms with van der Waals surface area (Å²) < 4.78 is 16.6. The summed E-state index contributed by atoms with van der Waals surface area (Å²) in [5, 5.41) is 9.98. The molecule has 2 aliphatic rings. The van der Waals surface area contributed by atoms with Gasteiger partial charge in [-0.05, 0) is 48.4 Å². The van der Waals surface area contributed by atoms with Crippen molar-refractivity contribution in [3.05, 3.63) is 48.5 Å². The summed E-state index contributed by atoms with van der Waals surface area (Å²) in [7, 11) is 1.53. The van der Waals surface area contributed by atoms with Crippen LogP contribution < -0.4 is 24.8 Å². The molecular weight excluding hydrogens is 382 g/mol. The lowest BCUT2D eigenvalue weighted by atomic mass is 10.0. The molecule has 30 heavy (non-hydrogen) atoms. The molecule has 0 bridgehead atoms. The summed E-state index contributed by atoms with van der Waals surface area (Å²) in [5.74, 6) is 2.83. The van der Waals surface area contributed by atoms with Gasteiger partial charge in [-0.1, -0.05) is 12.1 Å². The van der Waals surface area contributed by atoms with Crippen LogP contribution in [0.15, 0.2) is 48.5 Å². The molecule has 3 aromatic rings. The minimum Gasteiger partial charge on any atom is -0.504 e. The summed E-state index contributed by atoms with van der Waals surface area (Å²) >= 11 is 0. The fraction of sp³-hybridized carbons (Fsp3) is 0.261. The van der Waals surface area contributed by atoms with Gasteiger partial charge in [-0.3, -0.25) is 0 Å². The Hall–Kier alpha value is -3.45. The Kier molecular flexibility index (Phi) is 4.59. The Labute approximate surface area is 174 Å². The van der Waals surface area contributed by atoms with Crippen LogP contribution in [0.4, 0.5) is 5.82 Å². The van der Waals surface area contributed by atoms with E-state index in [1.54, 1.807) is 12.1 Å². The minimum absolute atomic E-state index is 0.0922. The number of hydrogen-bond donors (Lipinski definition) is 2. The number of fused-ring (bicyclic) bond motifs is 1. The number of para-hydroxylation sites is 1. The van der Waals surface area contributed by atoms with Crippen molar-refractivity contribution in [2.24, 2.45) is 5.73 Å². The molecule has 3 N–H and O–H groups in total. The molecule has 0 spiro atoms. The molecule has 0 radical (unpaired) electrons. The molecule has 1 unspecified atom stereocenters. The van der Waals surface area contributed by atoms with Gasteiger partial charge in [0.05, 0.1) is 12.8 Å². The third-order valence-corrected chi connectivity index (χ3v) is 5.54. The van der Waals surface area contributed by atoms with Gasteiger partial charge in [0.1, 0.15) is 5.82 Å². The normalized spacial score (nSPS) is 17.4. The van der Waals surface area contributed by atoms with Gasteiger partial charge in [0, 0.05) is 30.3 Å². The molecule has 2 aliphatic heterocycles. The lowest BCUT2D eigenvalue weighted by Gasteiger charge is -2.20. The molecule has 1 atom stereocenters. The second-order valence-electron chi connectivity index (χ2n) is 7.52. The monoisotopic (exact) mass is 405 g/mol. The van der Waals surface area contributed by atoms with Gasteiger partial charge in [0.2, 0.25) is 6.79 Å². The van der Waals surface area contributed by atoms with E-state index in [9.17, 15) is 5.11 Å². The van der Waals surface area contributed by atoms with Crippen molar-refractivity contribution in [2.45, 2.75) is 12.5 Å². The second kappa shape index (κ2) is 7.42. The standard InChI is InChI=1S/C23H23N3O4/c1-28-21-10-14(5-6-19(21)27)18-9-15(11-22(25-18)26-8-7-16(24)12-26)17-3-2-4-20-23(17)30-13-29-20/h2-6,9-11,16,27H,7-8,12-13,24H2,1H3. The van der Waals surface area contributed by atoms with E-state index >= 15 is 0 Å². The van der Waals surface area contributed by atoms with E-state index in [2.05, 4.69) is 11.0 Å². The minimum atomic E-state index is 0.0922. The van der Waals surface area contributed by atoms with Crippen molar-refractivity contribution in [1.82, 2.24) is 4.98 Å². The van der Waals surface area contributed by atoms with Crippen molar-refractivity contribution in [2.75, 3.05) is 31.9 Å². The molecule has 3 heterocycles. The topological polar surface area (TPSA) is 90.1 Å². The van der Waals surface area contributed by atoms with Crippen LogP contribution >= 0.6 is 0 Å². The molecule has 0 aliphatic carbocycles. The maximum Gasteiger partial charge on any atom is 0.231 e. The molecule has 0 amide bonds. The Bertz CT molecular complexity index is 1100. The summed E-state index contributed by atoms with van der Waals surface area (Å²) in [6.07, 6.45) is 0.936. The molecule has 0 saturated carbocycles. The largest absolute Gasteiger partial charge is 0.504 e. The number of nitrogens with two attached hydrogens (primary N) is 1. The number of phenols is 1. The van der Waals surface area contributed by atoms with Gasteiger partial charge < -0.3 is 30.0 Å². The zero-order valence-electron chi connectivity index (χ0n) is 16.7. The molecule has 1 aromatic heterocycles.